The summed E-state index contributed by atoms with van der Waals surface area (Å²) >= 11 is 0. The number of hydrogen-bond acceptors (Lipinski definition) is 3. The maximum atomic E-state index is 12.1. The fourth-order valence-electron chi connectivity index (χ4n) is 2.52. The first-order valence-corrected chi connectivity index (χ1v) is 8.12. The number of hydrogen-bond donors (Lipinski definition) is 1. The molecule has 1 N–H and O–H groups in total. The van der Waals surface area contributed by atoms with E-state index in [2.05, 4.69) is 0 Å². The molecule has 0 spiro atoms. The van der Waals surface area contributed by atoms with Gasteiger partial charge in [0.25, 0.3) is 0 Å². The Labute approximate surface area is 109 Å². The van der Waals surface area contributed by atoms with E-state index in [0.717, 1.165) is 24.8 Å². The van der Waals surface area contributed by atoms with Gasteiger partial charge in [-0.05, 0) is 44.2 Å². The van der Waals surface area contributed by atoms with Crippen LogP contribution in [0.3, 0.4) is 0 Å². The molecule has 0 aliphatic heterocycles. The zero-order valence-corrected chi connectivity index (χ0v) is 11.5. The Kier molecular flexibility index (Phi) is 4.07. The Bertz CT molecular complexity index is 490. The largest absolute Gasteiger partial charge is 0.393 e. The molecule has 18 heavy (non-hydrogen) atoms. The predicted molar refractivity (Wildman–Crippen MR) is 71.2 cm³/mol. The van der Waals surface area contributed by atoms with E-state index in [9.17, 15) is 13.5 Å². The lowest BCUT2D eigenvalue weighted by Gasteiger charge is -2.14. The lowest BCUT2D eigenvalue weighted by atomic mass is 10.0. The highest BCUT2D eigenvalue weighted by atomic mass is 32.2. The van der Waals surface area contributed by atoms with E-state index in [1.165, 1.54) is 0 Å². The van der Waals surface area contributed by atoms with Gasteiger partial charge in [-0.2, -0.15) is 0 Å². The molecule has 1 aliphatic carbocycles. The average molecular weight is 268 g/mol. The number of aliphatic hydroxyl groups is 1. The number of rotatable bonds is 4. The third kappa shape index (κ3) is 3.12. The van der Waals surface area contributed by atoms with Gasteiger partial charge in [-0.1, -0.05) is 24.1 Å². The minimum atomic E-state index is -3.20. The molecule has 0 radical (unpaired) electrons. The topological polar surface area (TPSA) is 54.4 Å². The van der Waals surface area contributed by atoms with Crippen molar-refractivity contribution in [2.75, 3.05) is 5.75 Å². The summed E-state index contributed by atoms with van der Waals surface area (Å²) in [5.74, 6) is 0.294. The smallest absolute Gasteiger partial charge is 0.178 e. The van der Waals surface area contributed by atoms with Crippen LogP contribution in [0.4, 0.5) is 0 Å². The van der Waals surface area contributed by atoms with Gasteiger partial charge in [0.1, 0.15) is 0 Å². The summed E-state index contributed by atoms with van der Waals surface area (Å²) < 4.78 is 24.3. The third-order valence-corrected chi connectivity index (χ3v) is 5.52. The molecule has 4 heteroatoms. The lowest BCUT2D eigenvalue weighted by molar-refractivity contribution is 0.131. The minimum absolute atomic E-state index is 0.137. The van der Waals surface area contributed by atoms with E-state index in [4.69, 9.17) is 0 Å². The standard InChI is InChI=1S/C14H20O3S/c1-11-5-7-13(8-6-11)18(16,17)10-9-12-3-2-4-14(12)15/h5-8,12,14-15H,2-4,9-10H2,1H3. The van der Waals surface area contributed by atoms with Crippen LogP contribution in [0, 0.1) is 12.8 Å². The Morgan fingerprint density at radius 3 is 2.44 bits per heavy atom. The molecule has 1 aromatic rings. The van der Waals surface area contributed by atoms with Crippen LogP contribution in [-0.4, -0.2) is 25.4 Å². The summed E-state index contributed by atoms with van der Waals surface area (Å²) in [6.45, 7) is 1.94. The SMILES string of the molecule is Cc1ccc(S(=O)(=O)CCC2CCCC2O)cc1. The summed E-state index contributed by atoms with van der Waals surface area (Å²) in [7, 11) is -3.20. The maximum absolute atomic E-state index is 12.1. The van der Waals surface area contributed by atoms with Crippen molar-refractivity contribution >= 4 is 9.84 Å². The predicted octanol–water partition coefficient (Wildman–Crippen LogP) is 2.32. The first-order chi connectivity index (χ1) is 8.49. The summed E-state index contributed by atoms with van der Waals surface area (Å²) in [5.41, 5.74) is 1.06. The van der Waals surface area contributed by atoms with Crippen molar-refractivity contribution in [2.24, 2.45) is 5.92 Å². The van der Waals surface area contributed by atoms with Crippen LogP contribution in [0.5, 0.6) is 0 Å². The van der Waals surface area contributed by atoms with E-state index in [1.54, 1.807) is 12.1 Å². The number of sulfone groups is 1. The third-order valence-electron chi connectivity index (χ3n) is 3.76. The first-order valence-electron chi connectivity index (χ1n) is 6.46. The van der Waals surface area contributed by atoms with Crippen molar-refractivity contribution in [1.29, 1.82) is 0 Å². The second-order valence-corrected chi connectivity index (χ2v) is 7.29. The highest BCUT2D eigenvalue weighted by Gasteiger charge is 2.27. The second kappa shape index (κ2) is 5.41. The van der Waals surface area contributed by atoms with Crippen LogP contribution in [0.25, 0.3) is 0 Å². The van der Waals surface area contributed by atoms with E-state index < -0.39 is 9.84 Å². The molecular formula is C14H20O3S. The zero-order chi connectivity index (χ0) is 13.2. The van der Waals surface area contributed by atoms with Gasteiger partial charge in [0.15, 0.2) is 9.84 Å². The van der Waals surface area contributed by atoms with Crippen molar-refractivity contribution in [3.05, 3.63) is 29.8 Å². The molecule has 2 unspecified atom stereocenters. The van der Waals surface area contributed by atoms with Crippen molar-refractivity contribution in [1.82, 2.24) is 0 Å². The monoisotopic (exact) mass is 268 g/mol. The molecular weight excluding hydrogens is 248 g/mol. The summed E-state index contributed by atoms with van der Waals surface area (Å²) in [6.07, 6.45) is 3.03. The first kappa shape index (κ1) is 13.6. The van der Waals surface area contributed by atoms with Crippen LogP contribution in [0.15, 0.2) is 29.2 Å². The Hall–Kier alpha value is -0.870. The second-order valence-electron chi connectivity index (χ2n) is 5.18. The van der Waals surface area contributed by atoms with Crippen molar-refractivity contribution in [3.63, 3.8) is 0 Å². The fraction of sp³-hybridized carbons (Fsp3) is 0.571. The van der Waals surface area contributed by atoms with Crippen molar-refractivity contribution < 1.29 is 13.5 Å². The van der Waals surface area contributed by atoms with Crippen molar-refractivity contribution in [2.45, 2.75) is 43.6 Å². The van der Waals surface area contributed by atoms with Crippen LogP contribution < -0.4 is 0 Å². The fourth-order valence-corrected chi connectivity index (χ4v) is 3.92. The summed E-state index contributed by atoms with van der Waals surface area (Å²) in [4.78, 5) is 0.389. The Morgan fingerprint density at radius 1 is 1.22 bits per heavy atom. The molecule has 1 saturated carbocycles. The molecule has 1 aromatic carbocycles. The number of aryl methyl sites for hydroxylation is 1. The van der Waals surface area contributed by atoms with Crippen LogP contribution in [0.1, 0.15) is 31.2 Å². The van der Waals surface area contributed by atoms with Crippen LogP contribution >= 0.6 is 0 Å². The van der Waals surface area contributed by atoms with Gasteiger partial charge >= 0.3 is 0 Å². The Balaban J connectivity index is 2.01. The molecule has 1 fully saturated rings. The lowest BCUT2D eigenvalue weighted by Crippen LogP contribution is -2.17. The van der Waals surface area contributed by atoms with E-state index >= 15 is 0 Å². The number of aliphatic hydroxyl groups excluding tert-OH is 1. The Morgan fingerprint density at radius 2 is 1.89 bits per heavy atom. The normalized spacial score (nSPS) is 24.3. The molecule has 0 heterocycles. The molecule has 2 rings (SSSR count). The zero-order valence-electron chi connectivity index (χ0n) is 10.7. The molecule has 0 saturated heterocycles. The highest BCUT2D eigenvalue weighted by molar-refractivity contribution is 7.91. The number of benzene rings is 1. The molecule has 0 bridgehead atoms. The van der Waals surface area contributed by atoms with Gasteiger partial charge < -0.3 is 5.11 Å². The van der Waals surface area contributed by atoms with E-state index in [0.29, 0.717) is 11.3 Å². The van der Waals surface area contributed by atoms with E-state index in [-0.39, 0.29) is 17.8 Å². The molecule has 100 valence electrons. The molecule has 2 atom stereocenters. The maximum Gasteiger partial charge on any atom is 0.178 e. The van der Waals surface area contributed by atoms with Crippen LogP contribution in [-0.2, 0) is 9.84 Å². The van der Waals surface area contributed by atoms with Crippen molar-refractivity contribution in [3.8, 4) is 0 Å². The van der Waals surface area contributed by atoms with Gasteiger partial charge in [-0.15, -0.1) is 0 Å². The minimum Gasteiger partial charge on any atom is -0.393 e. The quantitative estimate of drug-likeness (QED) is 0.911. The van der Waals surface area contributed by atoms with Gasteiger partial charge in [-0.3, -0.25) is 0 Å². The van der Waals surface area contributed by atoms with E-state index in [1.807, 2.05) is 19.1 Å². The molecule has 3 nitrogen and oxygen atoms in total. The summed E-state index contributed by atoms with van der Waals surface area (Å²) in [6, 6.07) is 6.96. The van der Waals surface area contributed by atoms with Gasteiger partial charge in [-0.25, -0.2) is 8.42 Å². The highest BCUT2D eigenvalue weighted by Crippen LogP contribution is 2.29. The van der Waals surface area contributed by atoms with Gasteiger partial charge in [0.05, 0.1) is 16.8 Å². The van der Waals surface area contributed by atoms with Gasteiger partial charge in [0, 0.05) is 0 Å². The summed E-state index contributed by atoms with van der Waals surface area (Å²) in [5, 5.41) is 9.70. The molecule has 0 amide bonds. The van der Waals surface area contributed by atoms with Gasteiger partial charge in [0.2, 0.25) is 0 Å². The molecule has 0 aromatic heterocycles. The van der Waals surface area contributed by atoms with Crippen LogP contribution in [0.2, 0.25) is 0 Å². The molecule has 1 aliphatic rings. The average Bonchev–Trinajstić information content (AvgIpc) is 2.73.